The molecule has 0 saturated carbocycles. The lowest BCUT2D eigenvalue weighted by atomic mass is 10.1. The van der Waals surface area contributed by atoms with Crippen LogP contribution in [0, 0.1) is 0 Å². The molecule has 8 nitrogen and oxygen atoms in total. The fraction of sp³-hybridized carbons (Fsp3) is 0.292. The molecular formula is C24H25N5O3. The molecule has 3 aromatic rings. The van der Waals surface area contributed by atoms with Gasteiger partial charge in [0.25, 0.3) is 5.91 Å². The maximum Gasteiger partial charge on any atom is 0.265 e. The summed E-state index contributed by atoms with van der Waals surface area (Å²) in [7, 11) is 0. The van der Waals surface area contributed by atoms with Crippen LogP contribution in [0.15, 0.2) is 60.8 Å². The highest BCUT2D eigenvalue weighted by Crippen LogP contribution is 2.35. The number of nitrogens with one attached hydrogen (secondary N) is 1. The van der Waals surface area contributed by atoms with Gasteiger partial charge in [0.05, 0.1) is 24.6 Å². The largest absolute Gasteiger partial charge is 0.482 e. The number of hydrogen-bond acceptors (Lipinski definition) is 7. The lowest BCUT2D eigenvalue weighted by Crippen LogP contribution is -2.45. The highest BCUT2D eigenvalue weighted by atomic mass is 16.5. The van der Waals surface area contributed by atoms with Crippen LogP contribution in [0.4, 0.5) is 17.3 Å². The molecule has 8 heteroatoms. The van der Waals surface area contributed by atoms with Crippen LogP contribution < -0.4 is 15.0 Å². The summed E-state index contributed by atoms with van der Waals surface area (Å²) in [6, 6.07) is 17.5. The zero-order chi connectivity index (χ0) is 21.8. The SMILES string of the molecule is O=C1COc2ccc(-c3ccnc(Nc4ccccc4)n3)cc2N1CCN1CCOCC1. The third-order valence-electron chi connectivity index (χ3n) is 5.63. The summed E-state index contributed by atoms with van der Waals surface area (Å²) in [6.07, 6.45) is 1.73. The van der Waals surface area contributed by atoms with E-state index in [0.29, 0.717) is 18.2 Å². The first kappa shape index (κ1) is 20.4. The van der Waals surface area contributed by atoms with Crippen molar-refractivity contribution in [3.05, 3.63) is 60.8 Å². The van der Waals surface area contributed by atoms with Gasteiger partial charge in [0.15, 0.2) is 6.61 Å². The maximum absolute atomic E-state index is 12.7. The number of nitrogens with zero attached hydrogens (tertiary/aromatic N) is 4. The van der Waals surface area contributed by atoms with E-state index in [9.17, 15) is 4.79 Å². The Morgan fingerprint density at radius 1 is 1.00 bits per heavy atom. The quantitative estimate of drug-likeness (QED) is 0.643. The Labute approximate surface area is 186 Å². The van der Waals surface area contributed by atoms with Gasteiger partial charge in [0, 0.05) is 43.6 Å². The Morgan fingerprint density at radius 3 is 2.69 bits per heavy atom. The van der Waals surface area contributed by atoms with Crippen molar-refractivity contribution in [1.82, 2.24) is 14.9 Å². The van der Waals surface area contributed by atoms with Gasteiger partial charge >= 0.3 is 0 Å². The van der Waals surface area contributed by atoms with Crippen LogP contribution in [0.25, 0.3) is 11.3 Å². The number of carbonyl (C=O) groups excluding carboxylic acids is 1. The summed E-state index contributed by atoms with van der Waals surface area (Å²) in [6.45, 7) is 4.75. The standard InChI is InChI=1S/C24H25N5O3/c30-23-17-32-22-7-6-18(16-21(22)29(23)11-10-28-12-14-31-15-13-28)20-8-9-25-24(27-20)26-19-4-2-1-3-5-19/h1-9,16H,10-15,17H2,(H,25,26,27). The minimum atomic E-state index is -0.0305. The molecule has 1 N–H and O–H groups in total. The molecule has 0 aliphatic carbocycles. The average molecular weight is 431 g/mol. The molecule has 32 heavy (non-hydrogen) atoms. The lowest BCUT2D eigenvalue weighted by molar-refractivity contribution is -0.121. The van der Waals surface area contributed by atoms with E-state index in [1.54, 1.807) is 6.20 Å². The minimum absolute atomic E-state index is 0.0305. The van der Waals surface area contributed by atoms with Crippen molar-refractivity contribution in [3.8, 4) is 17.0 Å². The Bertz CT molecular complexity index is 1090. The van der Waals surface area contributed by atoms with Crippen molar-refractivity contribution >= 4 is 23.2 Å². The molecule has 2 aliphatic heterocycles. The highest BCUT2D eigenvalue weighted by molar-refractivity contribution is 5.98. The fourth-order valence-electron chi connectivity index (χ4n) is 3.90. The highest BCUT2D eigenvalue weighted by Gasteiger charge is 2.26. The number of amides is 1. The van der Waals surface area contributed by atoms with Crippen LogP contribution in [-0.4, -0.2) is 66.8 Å². The second-order valence-corrected chi connectivity index (χ2v) is 7.73. The Kier molecular flexibility index (Phi) is 5.96. The topological polar surface area (TPSA) is 79.8 Å². The number of fused-ring (bicyclic) bond motifs is 1. The van der Waals surface area contributed by atoms with Crippen molar-refractivity contribution in [2.75, 3.05) is 56.2 Å². The molecular weight excluding hydrogens is 406 g/mol. The van der Waals surface area contributed by atoms with Crippen molar-refractivity contribution in [1.29, 1.82) is 0 Å². The second kappa shape index (κ2) is 9.33. The van der Waals surface area contributed by atoms with Crippen LogP contribution >= 0.6 is 0 Å². The molecule has 1 aromatic heterocycles. The molecule has 0 bridgehead atoms. The zero-order valence-corrected chi connectivity index (χ0v) is 17.7. The van der Waals surface area contributed by atoms with Gasteiger partial charge in [-0.3, -0.25) is 9.69 Å². The lowest BCUT2D eigenvalue weighted by Gasteiger charge is -2.33. The van der Waals surface area contributed by atoms with Crippen LogP contribution in [0.3, 0.4) is 0 Å². The smallest absolute Gasteiger partial charge is 0.265 e. The Morgan fingerprint density at radius 2 is 1.84 bits per heavy atom. The first-order valence-electron chi connectivity index (χ1n) is 10.8. The first-order valence-corrected chi connectivity index (χ1v) is 10.8. The molecule has 5 rings (SSSR count). The third kappa shape index (κ3) is 4.56. The van der Waals surface area contributed by atoms with Gasteiger partial charge in [-0.1, -0.05) is 18.2 Å². The van der Waals surface area contributed by atoms with Crippen LogP contribution in [-0.2, 0) is 9.53 Å². The number of anilines is 3. The van der Waals surface area contributed by atoms with E-state index in [0.717, 1.165) is 55.5 Å². The Balaban J connectivity index is 1.38. The van der Waals surface area contributed by atoms with Crippen molar-refractivity contribution < 1.29 is 14.3 Å². The van der Waals surface area contributed by atoms with Gasteiger partial charge in [-0.25, -0.2) is 9.97 Å². The van der Waals surface area contributed by atoms with Crippen molar-refractivity contribution in [2.24, 2.45) is 0 Å². The van der Waals surface area contributed by atoms with Gasteiger partial charge in [0.2, 0.25) is 5.95 Å². The number of morpholine rings is 1. The van der Waals surface area contributed by atoms with E-state index in [2.05, 4.69) is 20.2 Å². The van der Waals surface area contributed by atoms with E-state index in [-0.39, 0.29) is 12.5 Å². The van der Waals surface area contributed by atoms with Crippen molar-refractivity contribution in [2.45, 2.75) is 0 Å². The van der Waals surface area contributed by atoms with Gasteiger partial charge in [0.1, 0.15) is 5.75 Å². The average Bonchev–Trinajstić information content (AvgIpc) is 2.84. The molecule has 2 aliphatic rings. The number of carbonyl (C=O) groups is 1. The minimum Gasteiger partial charge on any atom is -0.482 e. The molecule has 164 valence electrons. The fourth-order valence-corrected chi connectivity index (χ4v) is 3.90. The Hall–Kier alpha value is -3.49. The number of para-hydroxylation sites is 1. The van der Waals surface area contributed by atoms with Gasteiger partial charge in [-0.2, -0.15) is 0 Å². The van der Waals surface area contributed by atoms with E-state index < -0.39 is 0 Å². The molecule has 0 atom stereocenters. The van der Waals surface area contributed by atoms with Crippen LogP contribution in [0.5, 0.6) is 5.75 Å². The predicted octanol–water partition coefficient (Wildman–Crippen LogP) is 2.94. The van der Waals surface area contributed by atoms with Crippen LogP contribution in [0.2, 0.25) is 0 Å². The van der Waals surface area contributed by atoms with Crippen LogP contribution in [0.1, 0.15) is 0 Å². The molecule has 2 aromatic carbocycles. The number of rotatable bonds is 6. The summed E-state index contributed by atoms with van der Waals surface area (Å²) >= 11 is 0. The van der Waals surface area contributed by atoms with Crippen molar-refractivity contribution in [3.63, 3.8) is 0 Å². The molecule has 0 unspecified atom stereocenters. The molecule has 1 fully saturated rings. The number of benzene rings is 2. The molecule has 1 saturated heterocycles. The number of hydrogen-bond donors (Lipinski definition) is 1. The summed E-state index contributed by atoms with van der Waals surface area (Å²) in [5.74, 6) is 1.20. The van der Waals surface area contributed by atoms with E-state index in [4.69, 9.17) is 9.47 Å². The number of ether oxygens (including phenoxy) is 2. The monoisotopic (exact) mass is 431 g/mol. The molecule has 3 heterocycles. The van der Waals surface area contributed by atoms with E-state index >= 15 is 0 Å². The van der Waals surface area contributed by atoms with Gasteiger partial charge in [-0.15, -0.1) is 0 Å². The normalized spacial score (nSPS) is 16.4. The third-order valence-corrected chi connectivity index (χ3v) is 5.63. The van der Waals surface area contributed by atoms with Gasteiger partial charge < -0.3 is 19.7 Å². The summed E-state index contributed by atoms with van der Waals surface area (Å²) < 4.78 is 11.1. The van der Waals surface area contributed by atoms with E-state index in [1.165, 1.54) is 0 Å². The van der Waals surface area contributed by atoms with Gasteiger partial charge in [-0.05, 0) is 36.4 Å². The molecule has 1 amide bonds. The first-order chi connectivity index (χ1) is 15.8. The second-order valence-electron chi connectivity index (χ2n) is 7.73. The maximum atomic E-state index is 12.7. The summed E-state index contributed by atoms with van der Waals surface area (Å²) in [5.41, 5.74) is 3.37. The molecule has 0 spiro atoms. The summed E-state index contributed by atoms with van der Waals surface area (Å²) in [5, 5.41) is 3.22. The molecule has 0 radical (unpaired) electrons. The zero-order valence-electron chi connectivity index (χ0n) is 17.7. The van der Waals surface area contributed by atoms with E-state index in [1.807, 2.05) is 59.5 Å². The summed E-state index contributed by atoms with van der Waals surface area (Å²) in [4.78, 5) is 25.8. The number of aromatic nitrogens is 2. The predicted molar refractivity (Wildman–Crippen MR) is 122 cm³/mol.